The molecule has 0 bridgehead atoms. The number of morpholine rings is 1. The third-order valence-electron chi connectivity index (χ3n) is 7.89. The Kier molecular flexibility index (Phi) is 9.14. The molecule has 1 aliphatic carbocycles. The lowest BCUT2D eigenvalue weighted by atomic mass is 9.85. The number of hydrogen-bond acceptors (Lipinski definition) is 5. The van der Waals surface area contributed by atoms with Crippen LogP contribution in [0.25, 0.3) is 11.3 Å². The third-order valence-corrected chi connectivity index (χ3v) is 8.67. The lowest BCUT2D eigenvalue weighted by Gasteiger charge is -2.26. The van der Waals surface area contributed by atoms with Gasteiger partial charge in [-0.05, 0) is 60.4 Å². The van der Waals surface area contributed by atoms with Crippen molar-refractivity contribution in [3.63, 3.8) is 0 Å². The minimum absolute atomic E-state index is 0.0512. The molecule has 1 amide bonds. The maximum absolute atomic E-state index is 13.3. The smallest absolute Gasteiger partial charge is 0.253 e. The second-order valence-electron chi connectivity index (χ2n) is 11.6. The first kappa shape index (κ1) is 27.9. The minimum atomic E-state index is -2.69. The van der Waals surface area contributed by atoms with Crippen LogP contribution in [0.15, 0.2) is 29.2 Å². The van der Waals surface area contributed by atoms with Gasteiger partial charge in [0.2, 0.25) is 0 Å². The highest BCUT2D eigenvalue weighted by molar-refractivity contribution is 7.72. The van der Waals surface area contributed by atoms with Gasteiger partial charge in [0.15, 0.2) is 10.7 Å². The van der Waals surface area contributed by atoms with Crippen molar-refractivity contribution in [1.29, 1.82) is 0 Å². The second kappa shape index (κ2) is 12.1. The van der Waals surface area contributed by atoms with Gasteiger partial charge in [0, 0.05) is 44.1 Å². The van der Waals surface area contributed by atoms with E-state index in [0.717, 1.165) is 61.9 Å². The summed E-state index contributed by atoms with van der Waals surface area (Å²) in [6.45, 7) is 13.7. The SMILES string of the molecule is Cc1c(C(=O)NCCN2CCOCC2)cc(-c2ccc([SH](=O)=O)c(C(C)(C)C)c2)n1CC1CCCCC1. The van der Waals surface area contributed by atoms with E-state index in [1.165, 1.54) is 32.1 Å². The van der Waals surface area contributed by atoms with Crippen LogP contribution in [-0.4, -0.2) is 63.2 Å². The van der Waals surface area contributed by atoms with Gasteiger partial charge in [0.05, 0.1) is 23.7 Å². The molecule has 2 aromatic rings. The molecule has 2 aliphatic rings. The van der Waals surface area contributed by atoms with E-state index >= 15 is 0 Å². The van der Waals surface area contributed by atoms with Crippen LogP contribution in [0.1, 0.15) is 74.5 Å². The number of nitrogens with zero attached hydrogens (tertiary/aromatic N) is 2. The van der Waals surface area contributed by atoms with Crippen molar-refractivity contribution in [3.05, 3.63) is 41.1 Å². The average Bonchev–Trinajstić information content (AvgIpc) is 3.20. The topological polar surface area (TPSA) is 80.6 Å². The van der Waals surface area contributed by atoms with Crippen LogP contribution in [-0.2, 0) is 27.4 Å². The number of benzene rings is 1. The number of ether oxygens (including phenoxy) is 1. The number of thiol groups is 1. The molecule has 7 nitrogen and oxygen atoms in total. The van der Waals surface area contributed by atoms with Crippen LogP contribution in [0.3, 0.4) is 0 Å². The van der Waals surface area contributed by atoms with Crippen LogP contribution in [0.5, 0.6) is 0 Å². The largest absolute Gasteiger partial charge is 0.379 e. The zero-order chi connectivity index (χ0) is 26.6. The summed E-state index contributed by atoms with van der Waals surface area (Å²) in [5, 5.41) is 3.13. The van der Waals surface area contributed by atoms with Crippen LogP contribution in [0.2, 0.25) is 0 Å². The predicted molar refractivity (Wildman–Crippen MR) is 148 cm³/mol. The molecule has 1 N–H and O–H groups in total. The van der Waals surface area contributed by atoms with Crippen molar-refractivity contribution in [2.45, 2.75) is 76.7 Å². The van der Waals surface area contributed by atoms with E-state index in [2.05, 4.69) is 14.8 Å². The van der Waals surface area contributed by atoms with Crippen molar-refractivity contribution in [2.24, 2.45) is 5.92 Å². The van der Waals surface area contributed by atoms with Crippen molar-refractivity contribution in [3.8, 4) is 11.3 Å². The molecule has 1 saturated carbocycles. The second-order valence-corrected chi connectivity index (χ2v) is 12.6. The molecule has 1 aromatic heterocycles. The van der Waals surface area contributed by atoms with Gasteiger partial charge in [-0.15, -0.1) is 0 Å². The Balaban J connectivity index is 1.65. The third kappa shape index (κ3) is 6.84. The maximum atomic E-state index is 13.3. The first-order valence-electron chi connectivity index (χ1n) is 13.7. The first-order chi connectivity index (χ1) is 17.6. The molecule has 0 spiro atoms. The van der Waals surface area contributed by atoms with Crippen molar-refractivity contribution in [1.82, 2.24) is 14.8 Å². The summed E-state index contributed by atoms with van der Waals surface area (Å²) in [5.41, 5.74) is 4.10. The van der Waals surface area contributed by atoms with Gasteiger partial charge in [-0.3, -0.25) is 9.69 Å². The fourth-order valence-electron chi connectivity index (χ4n) is 5.68. The molecule has 2 fully saturated rings. The summed E-state index contributed by atoms with van der Waals surface area (Å²) in [6, 6.07) is 7.62. The van der Waals surface area contributed by atoms with E-state index in [1.54, 1.807) is 6.07 Å². The van der Waals surface area contributed by atoms with E-state index in [1.807, 2.05) is 45.9 Å². The van der Waals surface area contributed by atoms with Gasteiger partial charge in [-0.1, -0.05) is 46.1 Å². The quantitative estimate of drug-likeness (QED) is 0.497. The van der Waals surface area contributed by atoms with Gasteiger partial charge in [-0.2, -0.15) is 0 Å². The number of carbonyl (C=O) groups excluding carboxylic acids is 1. The summed E-state index contributed by atoms with van der Waals surface area (Å²) in [6.07, 6.45) is 6.24. The molecule has 2 heterocycles. The number of aromatic nitrogens is 1. The summed E-state index contributed by atoms with van der Waals surface area (Å²) in [5.74, 6) is 0.540. The zero-order valence-corrected chi connectivity index (χ0v) is 23.7. The fourth-order valence-corrected chi connectivity index (χ4v) is 6.47. The predicted octanol–water partition coefficient (Wildman–Crippen LogP) is 4.37. The molecular formula is C29H43N3O4S. The summed E-state index contributed by atoms with van der Waals surface area (Å²) >= 11 is 0. The summed E-state index contributed by atoms with van der Waals surface area (Å²) in [4.78, 5) is 16.0. The average molecular weight is 530 g/mol. The lowest BCUT2D eigenvalue weighted by Crippen LogP contribution is -2.41. The highest BCUT2D eigenvalue weighted by Crippen LogP contribution is 2.35. The Hall–Kier alpha value is -2.16. The maximum Gasteiger partial charge on any atom is 0.253 e. The number of carbonyl (C=O) groups is 1. The van der Waals surface area contributed by atoms with Crippen LogP contribution in [0.4, 0.5) is 0 Å². The van der Waals surface area contributed by atoms with Crippen molar-refractivity contribution in [2.75, 3.05) is 39.4 Å². The summed E-state index contributed by atoms with van der Waals surface area (Å²) in [7, 11) is -2.69. The van der Waals surface area contributed by atoms with Gasteiger partial charge < -0.3 is 14.6 Å². The van der Waals surface area contributed by atoms with Crippen molar-refractivity contribution < 1.29 is 17.9 Å². The normalized spacial score (nSPS) is 17.9. The monoisotopic (exact) mass is 529 g/mol. The molecule has 1 saturated heterocycles. The fraction of sp³-hybridized carbons (Fsp3) is 0.621. The summed E-state index contributed by atoms with van der Waals surface area (Å²) < 4.78 is 31.7. The van der Waals surface area contributed by atoms with E-state index in [-0.39, 0.29) is 11.3 Å². The lowest BCUT2D eigenvalue weighted by molar-refractivity contribution is 0.0383. The molecule has 0 radical (unpaired) electrons. The van der Waals surface area contributed by atoms with E-state index in [0.29, 0.717) is 22.9 Å². The Morgan fingerprint density at radius 2 is 1.78 bits per heavy atom. The van der Waals surface area contributed by atoms with Crippen LogP contribution >= 0.6 is 0 Å². The number of nitrogens with one attached hydrogen (secondary N) is 1. The molecule has 4 rings (SSSR count). The molecule has 8 heteroatoms. The Labute approximate surface area is 223 Å². The van der Waals surface area contributed by atoms with Crippen LogP contribution < -0.4 is 5.32 Å². The Morgan fingerprint density at radius 1 is 1.08 bits per heavy atom. The highest BCUT2D eigenvalue weighted by Gasteiger charge is 2.25. The molecule has 204 valence electrons. The molecule has 37 heavy (non-hydrogen) atoms. The minimum Gasteiger partial charge on any atom is -0.379 e. The Bertz CT molecular complexity index is 1160. The van der Waals surface area contributed by atoms with Gasteiger partial charge in [0.25, 0.3) is 5.91 Å². The van der Waals surface area contributed by atoms with Gasteiger partial charge in [0.1, 0.15) is 0 Å². The molecule has 0 atom stereocenters. The Morgan fingerprint density at radius 3 is 2.43 bits per heavy atom. The zero-order valence-electron chi connectivity index (χ0n) is 22.8. The number of rotatable bonds is 8. The van der Waals surface area contributed by atoms with E-state index in [4.69, 9.17) is 4.74 Å². The van der Waals surface area contributed by atoms with E-state index < -0.39 is 10.7 Å². The van der Waals surface area contributed by atoms with Crippen molar-refractivity contribution >= 4 is 16.6 Å². The molecule has 1 aromatic carbocycles. The van der Waals surface area contributed by atoms with Gasteiger partial charge in [-0.25, -0.2) is 8.42 Å². The molecular weight excluding hydrogens is 486 g/mol. The molecule has 1 aliphatic heterocycles. The number of amides is 1. The van der Waals surface area contributed by atoms with Crippen LogP contribution in [0, 0.1) is 12.8 Å². The standard InChI is InChI=1S/C29H43N3O4S/c1-21-24(28(33)30-12-13-31-14-16-36-17-15-31)19-26(32(21)20-22-8-6-5-7-9-22)23-10-11-27(37(34)35)25(18-23)29(2,3)4/h10-11,18-19,22,37H,5-9,12-17,20H2,1-4H3,(H,30,33). The van der Waals surface area contributed by atoms with E-state index in [9.17, 15) is 13.2 Å². The highest BCUT2D eigenvalue weighted by atomic mass is 32.2. The van der Waals surface area contributed by atoms with Gasteiger partial charge >= 0.3 is 0 Å². The molecule has 0 unspecified atom stereocenters. The number of hydrogen-bond donors (Lipinski definition) is 2. The first-order valence-corrected chi connectivity index (χ1v) is 14.9.